The number of hydrogen-bond donors (Lipinski definition) is 1. The highest BCUT2D eigenvalue weighted by atomic mass is 16.5. The number of rotatable bonds is 5. The Labute approximate surface area is 112 Å². The van der Waals surface area contributed by atoms with Crippen molar-refractivity contribution in [3.05, 3.63) is 41.5 Å². The molecule has 0 spiro atoms. The van der Waals surface area contributed by atoms with Crippen LogP contribution in [0.15, 0.2) is 28.8 Å². The fraction of sp³-hybridized carbons (Fsp3) is 0.429. The van der Waals surface area contributed by atoms with Crippen LogP contribution in [0.1, 0.15) is 50.0 Å². The molecule has 102 valence electrons. The maximum atomic E-state index is 5.90. The first kappa shape index (κ1) is 13.5. The van der Waals surface area contributed by atoms with E-state index < -0.39 is 0 Å². The highest BCUT2D eigenvalue weighted by Gasteiger charge is 2.12. The Balaban J connectivity index is 2.06. The Morgan fingerprint density at radius 2 is 2.00 bits per heavy atom. The number of nitrogens with two attached hydrogens (primary N) is 1. The molecule has 0 radical (unpaired) electrons. The summed E-state index contributed by atoms with van der Waals surface area (Å²) in [7, 11) is 0. The lowest BCUT2D eigenvalue weighted by Crippen LogP contribution is -2.08. The molecule has 0 amide bonds. The van der Waals surface area contributed by atoms with Crippen molar-refractivity contribution in [1.29, 1.82) is 0 Å². The Morgan fingerprint density at radius 3 is 2.63 bits per heavy atom. The first-order valence-electron chi connectivity index (χ1n) is 6.37. The Bertz CT molecular complexity index is 535. The van der Waals surface area contributed by atoms with Gasteiger partial charge in [0.15, 0.2) is 12.4 Å². The summed E-state index contributed by atoms with van der Waals surface area (Å²) in [5.41, 5.74) is 6.86. The van der Waals surface area contributed by atoms with Crippen LogP contribution in [0.4, 0.5) is 0 Å². The zero-order valence-corrected chi connectivity index (χ0v) is 11.5. The molecule has 2 aromatic rings. The molecule has 2 N–H and O–H groups in total. The molecule has 19 heavy (non-hydrogen) atoms. The summed E-state index contributed by atoms with van der Waals surface area (Å²) in [6, 6.07) is 7.61. The van der Waals surface area contributed by atoms with E-state index in [2.05, 4.69) is 10.1 Å². The third-order valence-corrected chi connectivity index (χ3v) is 2.76. The lowest BCUT2D eigenvalue weighted by atomic mass is 10.1. The fourth-order valence-electron chi connectivity index (χ4n) is 1.69. The molecule has 1 aromatic carbocycles. The summed E-state index contributed by atoms with van der Waals surface area (Å²) in [6.45, 7) is 6.21. The zero-order chi connectivity index (χ0) is 13.8. The van der Waals surface area contributed by atoms with Gasteiger partial charge in [-0.15, -0.1) is 0 Å². The van der Waals surface area contributed by atoms with Crippen LogP contribution in [0.3, 0.4) is 0 Å². The van der Waals surface area contributed by atoms with Crippen molar-refractivity contribution < 1.29 is 9.26 Å². The molecule has 5 heteroatoms. The van der Waals surface area contributed by atoms with Gasteiger partial charge in [-0.3, -0.25) is 0 Å². The quantitative estimate of drug-likeness (QED) is 0.895. The summed E-state index contributed by atoms with van der Waals surface area (Å²) in [4.78, 5) is 4.27. The first-order valence-corrected chi connectivity index (χ1v) is 6.37. The second-order valence-corrected chi connectivity index (χ2v) is 4.82. The number of hydrogen-bond acceptors (Lipinski definition) is 5. The average Bonchev–Trinajstić information content (AvgIpc) is 2.85. The lowest BCUT2D eigenvalue weighted by Gasteiger charge is -2.12. The van der Waals surface area contributed by atoms with Gasteiger partial charge in [0.1, 0.15) is 5.75 Å². The van der Waals surface area contributed by atoms with E-state index in [0.717, 1.165) is 11.3 Å². The van der Waals surface area contributed by atoms with Crippen molar-refractivity contribution in [3.63, 3.8) is 0 Å². The molecule has 0 aliphatic carbocycles. The SMILES string of the molecule is CC(C)c1noc(COc2ccccc2[C@H](C)N)n1. The van der Waals surface area contributed by atoms with Crippen molar-refractivity contribution in [2.75, 3.05) is 0 Å². The molecule has 0 fully saturated rings. The van der Waals surface area contributed by atoms with Gasteiger partial charge >= 0.3 is 0 Å². The molecule has 2 rings (SSSR count). The molecular weight excluding hydrogens is 242 g/mol. The second kappa shape index (κ2) is 5.84. The van der Waals surface area contributed by atoms with Crippen LogP contribution in [0.2, 0.25) is 0 Å². The normalized spacial score (nSPS) is 12.7. The minimum Gasteiger partial charge on any atom is -0.483 e. The van der Waals surface area contributed by atoms with Gasteiger partial charge in [-0.2, -0.15) is 4.98 Å². The third-order valence-electron chi connectivity index (χ3n) is 2.76. The number of aromatic nitrogens is 2. The van der Waals surface area contributed by atoms with E-state index in [1.54, 1.807) is 0 Å². The van der Waals surface area contributed by atoms with Gasteiger partial charge in [0.2, 0.25) is 0 Å². The van der Waals surface area contributed by atoms with E-state index in [9.17, 15) is 0 Å². The summed E-state index contributed by atoms with van der Waals surface area (Å²) < 4.78 is 10.8. The minimum absolute atomic E-state index is 0.0786. The van der Waals surface area contributed by atoms with Crippen molar-refractivity contribution in [3.8, 4) is 5.75 Å². The number of nitrogens with zero attached hydrogens (tertiary/aromatic N) is 2. The fourth-order valence-corrected chi connectivity index (χ4v) is 1.69. The smallest absolute Gasteiger partial charge is 0.264 e. The van der Waals surface area contributed by atoms with E-state index in [4.69, 9.17) is 15.0 Å². The van der Waals surface area contributed by atoms with Crippen LogP contribution in [0.5, 0.6) is 5.75 Å². The van der Waals surface area contributed by atoms with Gasteiger partial charge in [-0.25, -0.2) is 0 Å². The molecule has 1 heterocycles. The van der Waals surface area contributed by atoms with E-state index in [-0.39, 0.29) is 18.6 Å². The van der Waals surface area contributed by atoms with Gasteiger partial charge in [-0.05, 0) is 13.0 Å². The van der Waals surface area contributed by atoms with E-state index >= 15 is 0 Å². The van der Waals surface area contributed by atoms with E-state index in [1.807, 2.05) is 45.0 Å². The van der Waals surface area contributed by atoms with Crippen LogP contribution >= 0.6 is 0 Å². The molecule has 0 bridgehead atoms. The molecule has 0 saturated carbocycles. The Hall–Kier alpha value is -1.88. The molecule has 1 aromatic heterocycles. The highest BCUT2D eigenvalue weighted by Crippen LogP contribution is 2.24. The van der Waals surface area contributed by atoms with Crippen LogP contribution in [-0.4, -0.2) is 10.1 Å². The van der Waals surface area contributed by atoms with Crippen LogP contribution in [0, 0.1) is 0 Å². The van der Waals surface area contributed by atoms with Gasteiger partial charge < -0.3 is 15.0 Å². The first-order chi connectivity index (χ1) is 9.08. The molecule has 5 nitrogen and oxygen atoms in total. The van der Waals surface area contributed by atoms with Gasteiger partial charge in [0, 0.05) is 17.5 Å². The second-order valence-electron chi connectivity index (χ2n) is 4.82. The van der Waals surface area contributed by atoms with Crippen LogP contribution in [-0.2, 0) is 6.61 Å². The van der Waals surface area contributed by atoms with Gasteiger partial charge in [-0.1, -0.05) is 37.2 Å². The van der Waals surface area contributed by atoms with Crippen molar-refractivity contribution >= 4 is 0 Å². The van der Waals surface area contributed by atoms with Crippen molar-refractivity contribution in [1.82, 2.24) is 10.1 Å². The maximum Gasteiger partial charge on any atom is 0.264 e. The van der Waals surface area contributed by atoms with Gasteiger partial charge in [0.05, 0.1) is 0 Å². The van der Waals surface area contributed by atoms with Crippen LogP contribution < -0.4 is 10.5 Å². The topological polar surface area (TPSA) is 74.2 Å². The predicted molar refractivity (Wildman–Crippen MR) is 71.8 cm³/mol. The maximum absolute atomic E-state index is 5.90. The molecular formula is C14H19N3O2. The Morgan fingerprint density at radius 1 is 1.26 bits per heavy atom. The monoisotopic (exact) mass is 261 g/mol. The number of para-hydroxylation sites is 1. The standard InChI is InChI=1S/C14H19N3O2/c1-9(2)14-16-13(19-17-14)8-18-12-7-5-4-6-11(12)10(3)15/h4-7,9-10H,8,15H2,1-3H3/t10-/m0/s1. The van der Waals surface area contributed by atoms with Gasteiger partial charge in [0.25, 0.3) is 5.89 Å². The molecule has 0 unspecified atom stereocenters. The summed E-state index contributed by atoms with van der Waals surface area (Å²) in [5.74, 6) is 2.16. The molecule has 0 aliphatic rings. The lowest BCUT2D eigenvalue weighted by molar-refractivity contribution is 0.240. The van der Waals surface area contributed by atoms with Crippen molar-refractivity contribution in [2.45, 2.75) is 39.3 Å². The predicted octanol–water partition coefficient (Wildman–Crippen LogP) is 2.79. The van der Waals surface area contributed by atoms with E-state index in [0.29, 0.717) is 11.7 Å². The number of benzene rings is 1. The third kappa shape index (κ3) is 3.32. The minimum atomic E-state index is -0.0786. The highest BCUT2D eigenvalue weighted by molar-refractivity contribution is 5.35. The van der Waals surface area contributed by atoms with Crippen molar-refractivity contribution in [2.24, 2.45) is 5.73 Å². The largest absolute Gasteiger partial charge is 0.483 e. The number of ether oxygens (including phenoxy) is 1. The zero-order valence-electron chi connectivity index (χ0n) is 11.5. The summed E-state index contributed by atoms with van der Waals surface area (Å²) >= 11 is 0. The van der Waals surface area contributed by atoms with E-state index in [1.165, 1.54) is 0 Å². The average molecular weight is 261 g/mol. The summed E-state index contributed by atoms with van der Waals surface area (Å²) in [6.07, 6.45) is 0. The Kier molecular flexibility index (Phi) is 4.16. The summed E-state index contributed by atoms with van der Waals surface area (Å²) in [5, 5.41) is 3.89. The van der Waals surface area contributed by atoms with Crippen LogP contribution in [0.25, 0.3) is 0 Å². The molecule has 0 saturated heterocycles. The molecule has 0 aliphatic heterocycles. The molecule has 1 atom stereocenters.